The Labute approximate surface area is 65.1 Å². The summed E-state index contributed by atoms with van der Waals surface area (Å²) in [6.45, 7) is 1.10. The molecule has 1 aromatic heterocycles. The Morgan fingerprint density at radius 1 is 1.58 bits per heavy atom. The predicted molar refractivity (Wildman–Crippen MR) is 31.5 cm³/mol. The highest BCUT2D eigenvalue weighted by Gasteiger charge is 2.35. The minimum absolute atomic E-state index is 0.387. The molecule has 0 bridgehead atoms. The lowest BCUT2D eigenvalue weighted by atomic mass is 10.3. The van der Waals surface area contributed by atoms with E-state index in [1.807, 2.05) is 0 Å². The van der Waals surface area contributed by atoms with E-state index in [0.29, 0.717) is 6.07 Å². The number of hydrogen-bond donors (Lipinski definition) is 0. The van der Waals surface area contributed by atoms with Gasteiger partial charge in [0.15, 0.2) is 11.5 Å². The van der Waals surface area contributed by atoms with Crippen LogP contribution >= 0.6 is 0 Å². The van der Waals surface area contributed by atoms with Crippen LogP contribution in [0.5, 0.6) is 0 Å². The average molecular weight is 179 g/mol. The van der Waals surface area contributed by atoms with Crippen LogP contribution in [-0.4, -0.2) is 10.9 Å². The predicted octanol–water partition coefficient (Wildman–Crippen LogP) is 1.90. The number of hydrogen-bond acceptors (Lipinski definition) is 3. The minimum atomic E-state index is -4.56. The lowest BCUT2D eigenvalue weighted by Crippen LogP contribution is -2.04. The summed E-state index contributed by atoms with van der Waals surface area (Å²) in [7, 11) is 0. The van der Waals surface area contributed by atoms with Crippen molar-refractivity contribution in [3.05, 3.63) is 17.5 Å². The van der Waals surface area contributed by atoms with Gasteiger partial charge in [-0.15, -0.1) is 0 Å². The zero-order valence-electron chi connectivity index (χ0n) is 5.97. The van der Waals surface area contributed by atoms with Crippen molar-refractivity contribution in [2.24, 2.45) is 0 Å². The van der Waals surface area contributed by atoms with Gasteiger partial charge in [-0.2, -0.15) is 13.2 Å². The molecule has 0 aliphatic rings. The van der Waals surface area contributed by atoms with Crippen LogP contribution in [0.15, 0.2) is 10.6 Å². The summed E-state index contributed by atoms with van der Waals surface area (Å²) in [6.07, 6.45) is -4.56. The molecule has 0 unspecified atom stereocenters. The first-order valence-electron chi connectivity index (χ1n) is 2.96. The fourth-order valence-electron chi connectivity index (χ4n) is 0.575. The molecule has 0 saturated heterocycles. The van der Waals surface area contributed by atoms with Crippen molar-refractivity contribution in [3.63, 3.8) is 0 Å². The van der Waals surface area contributed by atoms with E-state index in [1.165, 1.54) is 0 Å². The van der Waals surface area contributed by atoms with Crippen LogP contribution in [-0.2, 0) is 6.18 Å². The van der Waals surface area contributed by atoms with E-state index in [1.54, 1.807) is 0 Å². The number of carbonyl (C=O) groups excluding carboxylic acids is 1. The van der Waals surface area contributed by atoms with E-state index in [-0.39, 0.29) is 5.76 Å². The largest absolute Gasteiger partial charge is 0.436 e. The number of alkyl halides is 3. The first kappa shape index (κ1) is 8.76. The van der Waals surface area contributed by atoms with Crippen molar-refractivity contribution in [1.82, 2.24) is 5.16 Å². The summed E-state index contributed by atoms with van der Waals surface area (Å²) in [5.74, 6) is -0.972. The molecule has 1 aromatic rings. The van der Waals surface area contributed by atoms with Crippen molar-refractivity contribution in [2.45, 2.75) is 13.1 Å². The van der Waals surface area contributed by atoms with Crippen molar-refractivity contribution in [2.75, 3.05) is 0 Å². The normalized spacial score (nSPS) is 11.7. The SMILES string of the molecule is CC(=O)c1cc(C(F)(F)F)no1. The molecule has 0 atom stereocenters. The van der Waals surface area contributed by atoms with Crippen molar-refractivity contribution in [3.8, 4) is 0 Å². The molecule has 0 radical (unpaired) electrons. The van der Waals surface area contributed by atoms with Gasteiger partial charge in [0.05, 0.1) is 0 Å². The van der Waals surface area contributed by atoms with E-state index in [9.17, 15) is 18.0 Å². The van der Waals surface area contributed by atoms with Crippen LogP contribution < -0.4 is 0 Å². The lowest BCUT2D eigenvalue weighted by molar-refractivity contribution is -0.142. The number of halogens is 3. The molecular weight excluding hydrogens is 175 g/mol. The maximum Gasteiger partial charge on any atom is 0.436 e. The molecule has 1 rings (SSSR count). The number of ketones is 1. The second-order valence-electron chi connectivity index (χ2n) is 2.13. The van der Waals surface area contributed by atoms with Gasteiger partial charge in [0.1, 0.15) is 0 Å². The third-order valence-electron chi connectivity index (χ3n) is 1.15. The molecule has 66 valence electrons. The second kappa shape index (κ2) is 2.62. The standard InChI is InChI=1S/C6H4F3NO2/c1-3(11)4-2-5(10-12-4)6(7,8)9/h2H,1H3. The highest BCUT2D eigenvalue weighted by molar-refractivity contribution is 5.91. The maximum atomic E-state index is 11.8. The van der Waals surface area contributed by atoms with Gasteiger partial charge in [-0.25, -0.2) is 0 Å². The smallest absolute Gasteiger partial charge is 0.353 e. The molecule has 3 nitrogen and oxygen atoms in total. The number of Topliss-reactive ketones (excluding diaryl/α,β-unsaturated/α-hetero) is 1. The van der Waals surface area contributed by atoms with Gasteiger partial charge < -0.3 is 4.52 Å². The van der Waals surface area contributed by atoms with Crippen LogP contribution in [0.2, 0.25) is 0 Å². The summed E-state index contributed by atoms with van der Waals surface area (Å²) >= 11 is 0. The molecule has 0 aliphatic heterocycles. The number of rotatable bonds is 1. The molecule has 0 aliphatic carbocycles. The van der Waals surface area contributed by atoms with Gasteiger partial charge in [-0.1, -0.05) is 5.16 Å². The molecule has 1 heterocycles. The number of aromatic nitrogens is 1. The zero-order valence-corrected chi connectivity index (χ0v) is 5.97. The molecule has 0 spiro atoms. The molecule has 0 saturated carbocycles. The van der Waals surface area contributed by atoms with Crippen LogP contribution in [0, 0.1) is 0 Å². The van der Waals surface area contributed by atoms with E-state index in [2.05, 4.69) is 9.68 Å². The van der Waals surface area contributed by atoms with Crippen LogP contribution in [0.4, 0.5) is 13.2 Å². The van der Waals surface area contributed by atoms with E-state index < -0.39 is 17.7 Å². The molecular formula is C6H4F3NO2. The Kier molecular flexibility index (Phi) is 1.91. The quantitative estimate of drug-likeness (QED) is 0.618. The van der Waals surface area contributed by atoms with Gasteiger partial charge in [0.25, 0.3) is 0 Å². The van der Waals surface area contributed by atoms with Gasteiger partial charge in [0, 0.05) is 13.0 Å². The zero-order chi connectivity index (χ0) is 9.35. The van der Waals surface area contributed by atoms with Gasteiger partial charge in [-0.05, 0) is 0 Å². The van der Waals surface area contributed by atoms with E-state index in [0.717, 1.165) is 6.92 Å². The van der Waals surface area contributed by atoms with E-state index >= 15 is 0 Å². The van der Waals surface area contributed by atoms with Crippen molar-refractivity contribution < 1.29 is 22.5 Å². The van der Waals surface area contributed by atoms with Crippen LogP contribution in [0.25, 0.3) is 0 Å². The molecule has 6 heteroatoms. The van der Waals surface area contributed by atoms with Gasteiger partial charge >= 0.3 is 6.18 Å². The average Bonchev–Trinajstić information content (AvgIpc) is 2.30. The summed E-state index contributed by atoms with van der Waals surface area (Å²) in [5.41, 5.74) is -1.19. The summed E-state index contributed by atoms with van der Waals surface area (Å²) < 4.78 is 39.6. The third kappa shape index (κ3) is 1.63. The van der Waals surface area contributed by atoms with Crippen LogP contribution in [0.3, 0.4) is 0 Å². The molecule has 0 N–H and O–H groups in total. The van der Waals surface area contributed by atoms with Crippen LogP contribution in [0.1, 0.15) is 23.2 Å². The Hall–Kier alpha value is -1.33. The monoisotopic (exact) mass is 179 g/mol. The Morgan fingerprint density at radius 2 is 2.17 bits per heavy atom. The Morgan fingerprint density at radius 3 is 2.42 bits per heavy atom. The highest BCUT2D eigenvalue weighted by atomic mass is 19.4. The summed E-state index contributed by atoms with van der Waals surface area (Å²) in [5, 5.41) is 2.69. The maximum absolute atomic E-state index is 11.8. The fraction of sp³-hybridized carbons (Fsp3) is 0.333. The molecule has 12 heavy (non-hydrogen) atoms. The van der Waals surface area contributed by atoms with Gasteiger partial charge in [-0.3, -0.25) is 4.79 Å². The van der Waals surface area contributed by atoms with Crippen molar-refractivity contribution >= 4 is 5.78 Å². The first-order valence-corrected chi connectivity index (χ1v) is 2.96. The summed E-state index contributed by atoms with van der Waals surface area (Å²) in [4.78, 5) is 10.5. The summed E-state index contributed by atoms with van der Waals surface area (Å²) in [6, 6.07) is 0.572. The van der Waals surface area contributed by atoms with Gasteiger partial charge in [0.2, 0.25) is 5.76 Å². The number of nitrogens with zero attached hydrogens (tertiary/aromatic N) is 1. The Bertz CT molecular complexity index is 302. The molecule has 0 fully saturated rings. The van der Waals surface area contributed by atoms with Crippen molar-refractivity contribution in [1.29, 1.82) is 0 Å². The first-order chi connectivity index (χ1) is 5.41. The third-order valence-corrected chi connectivity index (χ3v) is 1.15. The Balaban J connectivity index is 3.00. The topological polar surface area (TPSA) is 43.1 Å². The second-order valence-corrected chi connectivity index (χ2v) is 2.13. The highest BCUT2D eigenvalue weighted by Crippen LogP contribution is 2.28. The molecule has 0 aromatic carbocycles. The minimum Gasteiger partial charge on any atom is -0.353 e. The van der Waals surface area contributed by atoms with E-state index in [4.69, 9.17) is 0 Å². The lowest BCUT2D eigenvalue weighted by Gasteiger charge is -1.97. The molecule has 0 amide bonds. The number of carbonyl (C=O) groups is 1. The fourth-order valence-corrected chi connectivity index (χ4v) is 0.575.